The van der Waals surface area contributed by atoms with Crippen molar-refractivity contribution < 1.29 is 9.59 Å². The third-order valence-electron chi connectivity index (χ3n) is 3.92. The van der Waals surface area contributed by atoms with E-state index >= 15 is 0 Å². The lowest BCUT2D eigenvalue weighted by molar-refractivity contribution is -0.119. The van der Waals surface area contributed by atoms with E-state index < -0.39 is 0 Å². The fraction of sp³-hybridized carbons (Fsp3) is 0.556. The number of hydrogen-bond donors (Lipinski definition) is 3. The molecule has 6 nitrogen and oxygen atoms in total. The summed E-state index contributed by atoms with van der Waals surface area (Å²) in [5.41, 5.74) is 18.8. The third-order valence-corrected chi connectivity index (χ3v) is 3.92. The van der Waals surface area contributed by atoms with Crippen molar-refractivity contribution in [2.75, 3.05) is 13.6 Å². The number of hydrogen-bond acceptors (Lipinski definition) is 4. The van der Waals surface area contributed by atoms with Gasteiger partial charge in [-0.3, -0.25) is 9.59 Å². The Bertz CT molecular complexity index is 516. The number of nitrogens with zero attached hydrogens (tertiary/aromatic N) is 1. The maximum Gasteiger partial charge on any atom is 0.217 e. The van der Waals surface area contributed by atoms with Crippen molar-refractivity contribution in [2.24, 2.45) is 17.2 Å². The predicted molar refractivity (Wildman–Crippen MR) is 95.9 cm³/mol. The minimum Gasteiger partial charge on any atom is -0.370 e. The fourth-order valence-corrected chi connectivity index (χ4v) is 2.64. The molecule has 0 saturated carbocycles. The average molecular weight is 334 g/mol. The quantitative estimate of drug-likeness (QED) is 0.493. The van der Waals surface area contributed by atoms with E-state index in [1.807, 2.05) is 7.05 Å². The number of aryl methyl sites for hydroxylation is 1. The molecule has 0 unspecified atom stereocenters. The maximum absolute atomic E-state index is 10.8. The van der Waals surface area contributed by atoms with Gasteiger partial charge in [-0.15, -0.1) is 0 Å². The molecule has 0 aromatic heterocycles. The van der Waals surface area contributed by atoms with Crippen LogP contribution in [-0.4, -0.2) is 36.3 Å². The van der Waals surface area contributed by atoms with E-state index in [0.29, 0.717) is 19.3 Å². The van der Waals surface area contributed by atoms with Crippen LogP contribution in [0.5, 0.6) is 0 Å². The monoisotopic (exact) mass is 334 g/mol. The Labute approximate surface area is 144 Å². The molecule has 134 valence electrons. The molecule has 0 radical (unpaired) electrons. The van der Waals surface area contributed by atoms with Gasteiger partial charge in [-0.1, -0.05) is 24.3 Å². The van der Waals surface area contributed by atoms with Crippen molar-refractivity contribution in [3.05, 3.63) is 35.4 Å². The number of primary amides is 2. The SMILES string of the molecule is CN(Cc1ccc(CCCCC(N)=O)cc1)C[C@@H](N)CCC(N)=O. The largest absolute Gasteiger partial charge is 0.370 e. The number of amides is 2. The topological polar surface area (TPSA) is 115 Å². The molecule has 1 rings (SSSR count). The normalized spacial score (nSPS) is 12.3. The molecule has 6 N–H and O–H groups in total. The van der Waals surface area contributed by atoms with Gasteiger partial charge in [0.25, 0.3) is 0 Å². The molecule has 1 aromatic carbocycles. The fourth-order valence-electron chi connectivity index (χ4n) is 2.64. The van der Waals surface area contributed by atoms with E-state index in [1.165, 1.54) is 11.1 Å². The summed E-state index contributed by atoms with van der Waals surface area (Å²) >= 11 is 0. The Kier molecular flexibility index (Phi) is 9.04. The van der Waals surface area contributed by atoms with E-state index in [4.69, 9.17) is 17.2 Å². The van der Waals surface area contributed by atoms with Crippen molar-refractivity contribution >= 4 is 11.8 Å². The summed E-state index contributed by atoms with van der Waals surface area (Å²) in [5.74, 6) is -0.540. The van der Waals surface area contributed by atoms with Gasteiger partial charge in [0, 0.05) is 32.0 Å². The molecule has 0 aliphatic heterocycles. The third kappa shape index (κ3) is 9.27. The van der Waals surface area contributed by atoms with Gasteiger partial charge >= 0.3 is 0 Å². The zero-order valence-corrected chi connectivity index (χ0v) is 14.5. The highest BCUT2D eigenvalue weighted by atomic mass is 16.1. The Morgan fingerprint density at radius 1 is 1.00 bits per heavy atom. The smallest absolute Gasteiger partial charge is 0.217 e. The molecule has 0 saturated heterocycles. The molecule has 0 aliphatic rings. The molecule has 0 bridgehead atoms. The Balaban J connectivity index is 2.32. The Hall–Kier alpha value is -1.92. The number of unbranched alkanes of at least 4 members (excludes halogenated alkanes) is 1. The van der Waals surface area contributed by atoms with Gasteiger partial charge in [-0.2, -0.15) is 0 Å². The van der Waals surface area contributed by atoms with E-state index in [1.54, 1.807) is 0 Å². The standard InChI is InChI=1S/C18H30N4O2/c1-22(13-16(19)10-11-18(21)24)12-15-8-6-14(7-9-15)4-2-3-5-17(20)23/h6-9,16H,2-5,10-13,19H2,1H3,(H2,20,23)(H2,21,24)/t16-/m0/s1. The minimum atomic E-state index is -0.306. The van der Waals surface area contributed by atoms with Gasteiger partial charge in [0.2, 0.25) is 11.8 Å². The minimum absolute atomic E-state index is 0.0490. The summed E-state index contributed by atoms with van der Waals surface area (Å²) in [7, 11) is 2.02. The number of likely N-dealkylation sites (N-methyl/N-ethyl adjacent to an activating group) is 1. The summed E-state index contributed by atoms with van der Waals surface area (Å²) in [6, 6.07) is 8.44. The van der Waals surface area contributed by atoms with Crippen LogP contribution in [0.15, 0.2) is 24.3 Å². The first-order chi connectivity index (χ1) is 11.4. The predicted octanol–water partition coefficient (Wildman–Crippen LogP) is 0.909. The van der Waals surface area contributed by atoms with Crippen LogP contribution >= 0.6 is 0 Å². The molecule has 0 fully saturated rings. The van der Waals surface area contributed by atoms with Gasteiger partial charge in [0.15, 0.2) is 0 Å². The van der Waals surface area contributed by atoms with E-state index in [-0.39, 0.29) is 17.9 Å². The Morgan fingerprint density at radius 2 is 1.58 bits per heavy atom. The number of carbonyl (C=O) groups excluding carboxylic acids is 2. The first-order valence-electron chi connectivity index (χ1n) is 8.45. The van der Waals surface area contributed by atoms with Crippen LogP contribution in [0.2, 0.25) is 0 Å². The van der Waals surface area contributed by atoms with Crippen LogP contribution in [0.3, 0.4) is 0 Å². The lowest BCUT2D eigenvalue weighted by atomic mass is 10.0. The van der Waals surface area contributed by atoms with E-state index in [2.05, 4.69) is 29.2 Å². The lowest BCUT2D eigenvalue weighted by Crippen LogP contribution is -2.35. The first kappa shape index (κ1) is 20.1. The summed E-state index contributed by atoms with van der Waals surface area (Å²) in [5, 5.41) is 0. The molecule has 2 amide bonds. The molecular weight excluding hydrogens is 304 g/mol. The van der Waals surface area contributed by atoms with Gasteiger partial charge in [0.05, 0.1) is 0 Å². The van der Waals surface area contributed by atoms with Crippen LogP contribution < -0.4 is 17.2 Å². The number of benzene rings is 1. The highest BCUT2D eigenvalue weighted by molar-refractivity contribution is 5.73. The van der Waals surface area contributed by atoms with Crippen molar-refractivity contribution in [3.8, 4) is 0 Å². The Morgan fingerprint density at radius 3 is 2.17 bits per heavy atom. The summed E-state index contributed by atoms with van der Waals surface area (Å²) < 4.78 is 0. The van der Waals surface area contributed by atoms with Crippen LogP contribution in [-0.2, 0) is 22.6 Å². The van der Waals surface area contributed by atoms with Gasteiger partial charge in [0.1, 0.15) is 0 Å². The van der Waals surface area contributed by atoms with Gasteiger partial charge < -0.3 is 22.1 Å². The van der Waals surface area contributed by atoms with Crippen molar-refractivity contribution in [2.45, 2.75) is 51.1 Å². The second-order valence-corrected chi connectivity index (χ2v) is 6.45. The molecule has 0 aliphatic carbocycles. The average Bonchev–Trinajstić information content (AvgIpc) is 2.51. The number of rotatable bonds is 12. The van der Waals surface area contributed by atoms with Crippen molar-refractivity contribution in [1.29, 1.82) is 0 Å². The van der Waals surface area contributed by atoms with E-state index in [0.717, 1.165) is 32.4 Å². The summed E-state index contributed by atoms with van der Waals surface area (Å²) in [4.78, 5) is 23.6. The van der Waals surface area contributed by atoms with Crippen molar-refractivity contribution in [3.63, 3.8) is 0 Å². The number of carbonyl (C=O) groups is 2. The highest BCUT2D eigenvalue weighted by Crippen LogP contribution is 2.11. The zero-order chi connectivity index (χ0) is 17.9. The second-order valence-electron chi connectivity index (χ2n) is 6.45. The van der Waals surface area contributed by atoms with Crippen LogP contribution in [0.25, 0.3) is 0 Å². The molecule has 0 spiro atoms. The highest BCUT2D eigenvalue weighted by Gasteiger charge is 2.09. The van der Waals surface area contributed by atoms with Crippen LogP contribution in [0.4, 0.5) is 0 Å². The summed E-state index contributed by atoms with van der Waals surface area (Å²) in [6.45, 7) is 1.54. The van der Waals surface area contributed by atoms with Crippen molar-refractivity contribution in [1.82, 2.24) is 4.90 Å². The van der Waals surface area contributed by atoms with E-state index in [9.17, 15) is 9.59 Å². The number of nitrogens with two attached hydrogens (primary N) is 3. The maximum atomic E-state index is 10.8. The van der Waals surface area contributed by atoms with Gasteiger partial charge in [-0.25, -0.2) is 0 Å². The molecule has 0 heterocycles. The molecule has 1 atom stereocenters. The van der Waals surface area contributed by atoms with Crippen LogP contribution in [0, 0.1) is 0 Å². The van der Waals surface area contributed by atoms with Crippen LogP contribution in [0.1, 0.15) is 43.2 Å². The summed E-state index contributed by atoms with van der Waals surface area (Å²) in [6.07, 6.45) is 4.17. The zero-order valence-electron chi connectivity index (χ0n) is 14.5. The van der Waals surface area contributed by atoms with Gasteiger partial charge in [-0.05, 0) is 43.9 Å². The molecule has 1 aromatic rings. The first-order valence-corrected chi connectivity index (χ1v) is 8.45. The molecule has 24 heavy (non-hydrogen) atoms. The molecule has 6 heteroatoms. The molecular formula is C18H30N4O2. The lowest BCUT2D eigenvalue weighted by Gasteiger charge is -2.21. The second kappa shape index (κ2) is 10.8.